The van der Waals surface area contributed by atoms with Crippen LogP contribution in [0, 0.1) is 16.7 Å². The van der Waals surface area contributed by atoms with Crippen molar-refractivity contribution >= 4 is 90.6 Å². The van der Waals surface area contributed by atoms with Crippen LogP contribution >= 0.6 is 0 Å². The van der Waals surface area contributed by atoms with Gasteiger partial charge in [0.15, 0.2) is 5.78 Å². The first kappa shape index (κ1) is 83.9. The van der Waals surface area contributed by atoms with Gasteiger partial charge in [0.05, 0.1) is 53.8 Å². The summed E-state index contributed by atoms with van der Waals surface area (Å²) in [6, 6.07) is 27.3. The summed E-state index contributed by atoms with van der Waals surface area (Å²) in [5.74, 6) is -7.95. The third-order valence-corrected chi connectivity index (χ3v) is 23.9. The summed E-state index contributed by atoms with van der Waals surface area (Å²) in [5, 5.41) is 51.6. The van der Waals surface area contributed by atoms with Crippen molar-refractivity contribution in [3.8, 4) is 11.5 Å². The molecule has 0 unspecified atom stereocenters. The lowest BCUT2D eigenvalue weighted by molar-refractivity contribution is -0.145. The van der Waals surface area contributed by atoms with E-state index in [1.54, 1.807) is 136 Å². The molecule has 31 nitrogen and oxygen atoms in total. The summed E-state index contributed by atoms with van der Waals surface area (Å²) in [6.45, 7) is 13.5. The molecule has 12 atom stereocenters. The maximum Gasteiger partial charge on any atom is 0.307 e. The number of nitrogens with one attached hydrogen (secondary N) is 8. The molecular weight excluding hydrogens is 1510 g/mol. The van der Waals surface area contributed by atoms with Gasteiger partial charge in [0.1, 0.15) is 72.4 Å². The average molecular weight is 1610 g/mol. The van der Waals surface area contributed by atoms with Gasteiger partial charge in [-0.05, 0) is 133 Å². The Morgan fingerprint density at radius 1 is 0.552 bits per heavy atom. The zero-order valence-electron chi connectivity index (χ0n) is 66.7. The number of likely N-dealkylation sites (tertiary alicyclic amines) is 2. The first-order valence-electron chi connectivity index (χ1n) is 39.2. The normalized spacial score (nSPS) is 22.0. The summed E-state index contributed by atoms with van der Waals surface area (Å²) in [4.78, 5) is 150. The Morgan fingerprint density at radius 3 is 1.41 bits per heavy atom. The van der Waals surface area contributed by atoms with E-state index in [4.69, 9.17) is 9.47 Å². The van der Waals surface area contributed by atoms with E-state index in [-0.39, 0.29) is 64.8 Å². The van der Waals surface area contributed by atoms with Crippen molar-refractivity contribution in [2.45, 2.75) is 198 Å². The minimum absolute atomic E-state index is 0.0407. The van der Waals surface area contributed by atoms with Crippen LogP contribution in [0.1, 0.15) is 133 Å². The van der Waals surface area contributed by atoms with Gasteiger partial charge in [-0.3, -0.25) is 52.7 Å². The largest absolute Gasteiger partial charge is 0.487 e. The van der Waals surface area contributed by atoms with E-state index in [9.17, 15) is 32.7 Å². The third kappa shape index (κ3) is 20.6. The fourth-order valence-electron chi connectivity index (χ4n) is 14.8. The molecule has 116 heavy (non-hydrogen) atoms. The molecule has 7 aliphatic rings. The number of rotatable bonds is 16. The fraction of sp³-hybridized carbons (Fsp3) is 0.452. The minimum atomic E-state index is -4.19. The van der Waals surface area contributed by atoms with Crippen LogP contribution in [0.3, 0.4) is 0 Å². The van der Waals surface area contributed by atoms with E-state index < -0.39 is 164 Å². The number of amides is 8. The number of hydrogen-bond acceptors (Lipinski definition) is 20. The third-order valence-electron chi connectivity index (χ3n) is 22.1. The summed E-state index contributed by atoms with van der Waals surface area (Å²) in [5.41, 5.74) is 1.11. The van der Waals surface area contributed by atoms with Crippen molar-refractivity contribution < 1.29 is 70.9 Å². The van der Waals surface area contributed by atoms with E-state index in [1.807, 2.05) is 78.9 Å². The highest BCUT2D eigenvalue weighted by Crippen LogP contribution is 2.35. The first-order chi connectivity index (χ1) is 55.2. The molecule has 9 N–H and O–H groups in total. The van der Waals surface area contributed by atoms with Crippen LogP contribution in [0.25, 0.3) is 21.5 Å². The smallest absolute Gasteiger partial charge is 0.307 e. The Bertz CT molecular complexity index is 5100. The molecule has 8 heterocycles. The van der Waals surface area contributed by atoms with Gasteiger partial charge in [-0.1, -0.05) is 161 Å². The summed E-state index contributed by atoms with van der Waals surface area (Å²) >= 11 is 0. The van der Waals surface area contributed by atoms with Crippen molar-refractivity contribution in [3.05, 3.63) is 179 Å². The molecule has 2 saturated heterocycles. The predicted octanol–water partition coefficient (Wildman–Crippen LogP) is 4.90. The van der Waals surface area contributed by atoms with E-state index >= 15 is 28.8 Å². The molecule has 15 rings (SSSR count). The number of Topliss-reactive ketones (excluding diaryl/α,β-unsaturated/α-hetero) is 1. The zero-order valence-corrected chi connectivity index (χ0v) is 67.5. The molecular formula is C84H102N16O15S. The molecule has 0 radical (unpaired) electrons. The molecule has 6 aliphatic heterocycles. The van der Waals surface area contributed by atoms with Gasteiger partial charge < -0.3 is 61.6 Å². The quantitative estimate of drug-likeness (QED) is 0.0621. The number of ketones is 1. The van der Waals surface area contributed by atoms with Crippen LogP contribution < -0.4 is 51.4 Å². The Balaban J connectivity index is 0.889. The number of carbonyl (C=O) groups excluding carboxylic acids is 9. The minimum Gasteiger partial charge on any atom is -0.487 e. The second kappa shape index (κ2) is 35.7. The van der Waals surface area contributed by atoms with E-state index in [0.717, 1.165) is 21.5 Å². The van der Waals surface area contributed by atoms with Gasteiger partial charge in [-0.25, -0.2) is 17.8 Å². The molecule has 32 heteroatoms. The van der Waals surface area contributed by atoms with Crippen LogP contribution in [0.15, 0.2) is 146 Å². The number of aromatic nitrogens is 6. The second-order valence-electron chi connectivity index (χ2n) is 33.0. The van der Waals surface area contributed by atoms with Gasteiger partial charge in [-0.2, -0.15) is 0 Å². The van der Waals surface area contributed by atoms with Gasteiger partial charge in [0.25, 0.3) is 5.91 Å². The standard InChI is InChI=1S/C84H102N16O15S/c1-48(85-9)74(102)90-72(83(3,4)5)80(108)97-44-61-40-69(97)78(106)87-66(37-52-19-25-54-15-11-13-17-56(54)34-52)71(101)39-58(82(110)111)33-50-21-27-63(28-22-50)114-46-59-43-100(96-92-59)62-41-70(98(45-62)81(109)73(84(6,7)8)91-75(103)49(2)86-10)79(107)89-67(38-53-20-26-55-16-12-14-18-57(55)35-53)76(104)88-68(77(105)94-116(112,113)65-31-32-65)36-51-23-29-64(30-24-51)115-47-60-42-99(61)95-93-60/h11-30,34-35,42-43,48-49,58,61-62,65-70,72-73,85-86H,31-33,36-41,44-47H2,1-10H3,(H,87,106)(H,88,104)(H,89,107)(H,90,102)(H,91,103)(H,94,105)(H,110,111)/t48-,49-,58+,61-,62-,66-,67-,68-,69-,70-,72+,73+/m0/s1. The van der Waals surface area contributed by atoms with Crippen LogP contribution in [-0.4, -0.2) is 199 Å². The van der Waals surface area contributed by atoms with Crippen LogP contribution in [0.4, 0.5) is 0 Å². The number of carboxylic acid groups (broad SMARTS) is 1. The topological polar surface area (TPSA) is 408 Å². The Morgan fingerprint density at radius 2 is 0.983 bits per heavy atom. The number of hydrogen-bond donors (Lipinski definition) is 9. The molecule has 6 aromatic carbocycles. The van der Waals surface area contributed by atoms with Crippen molar-refractivity contribution in [1.82, 2.24) is 81.7 Å². The first-order valence-corrected chi connectivity index (χ1v) is 40.7. The molecule has 8 amide bonds. The highest BCUT2D eigenvalue weighted by molar-refractivity contribution is 7.91. The van der Waals surface area contributed by atoms with Gasteiger partial charge >= 0.3 is 5.97 Å². The number of likely N-dealkylation sites (N-methyl/N-ethyl adjacent to an activating group) is 2. The Kier molecular flexibility index (Phi) is 25.8. The summed E-state index contributed by atoms with van der Waals surface area (Å²) < 4.78 is 44.8. The maximum atomic E-state index is 15.5. The van der Waals surface area contributed by atoms with E-state index in [0.29, 0.717) is 58.0 Å². The van der Waals surface area contributed by atoms with Crippen molar-refractivity contribution in [2.75, 3.05) is 27.2 Å². The number of nitrogens with zero attached hydrogens (tertiary/aromatic N) is 8. The predicted molar refractivity (Wildman–Crippen MR) is 429 cm³/mol. The molecule has 1 aliphatic carbocycles. The number of benzene rings is 6. The zero-order chi connectivity index (χ0) is 83.1. The number of carboxylic acids is 1. The highest BCUT2D eigenvalue weighted by Gasteiger charge is 2.49. The lowest BCUT2D eigenvalue weighted by atomic mass is 9.85. The molecule has 12 bridgehead atoms. The van der Waals surface area contributed by atoms with Crippen molar-refractivity contribution in [3.63, 3.8) is 0 Å². The second-order valence-corrected chi connectivity index (χ2v) is 34.9. The fourth-order valence-corrected chi connectivity index (χ4v) is 16.1. The van der Waals surface area contributed by atoms with Crippen LogP contribution in [-0.2, 0) is 96.9 Å². The molecule has 1 saturated carbocycles. The molecule has 0 spiro atoms. The Labute approximate surface area is 672 Å². The number of aliphatic carboxylic acids is 1. The summed E-state index contributed by atoms with van der Waals surface area (Å²) in [6.07, 6.45) is 2.68. The number of sulfonamides is 1. The van der Waals surface area contributed by atoms with Gasteiger partial charge in [0.2, 0.25) is 51.4 Å². The molecule has 2 aromatic heterocycles. The number of carbonyl (C=O) groups is 10. The van der Waals surface area contributed by atoms with Gasteiger partial charge in [-0.15, -0.1) is 10.2 Å². The van der Waals surface area contributed by atoms with E-state index in [2.05, 4.69) is 62.6 Å². The molecule has 8 aromatic rings. The maximum absolute atomic E-state index is 15.5. The lowest BCUT2D eigenvalue weighted by Gasteiger charge is -2.36. The number of fused-ring (bicyclic) bond motifs is 2. The average Bonchev–Trinajstić information content (AvgIpc) is 1.64. The van der Waals surface area contributed by atoms with E-state index in [1.165, 1.54) is 19.2 Å². The van der Waals surface area contributed by atoms with Crippen LogP contribution in [0.5, 0.6) is 11.5 Å². The SMILES string of the molecule is CN[C@@H](C)C(=O)N[C@H](C(=O)N1C[C@@H]2C[C@H]1C(=O)N[C@@H](Cc1ccc3ccccc3c1)C(=O)C[C@H](C(=O)O)Cc1ccc(cc1)OCc1cn(nn1)[C@H]1C[C@@H](C(=O)N[C@@H](Cc3ccc4ccccc4c3)C(=O)N[C@H](C(=O)NS(=O)(=O)C3CC3)Cc3ccc(cc3)OCc3cn2nn3)N(C(=O)[C@@H](NC(=O)[C@H](C)NC)C(C)(C)C)C1)C(C)(C)C. The highest BCUT2D eigenvalue weighted by atomic mass is 32.2. The van der Waals surface area contributed by atoms with Crippen molar-refractivity contribution in [1.29, 1.82) is 0 Å². The number of ether oxygens (including phenoxy) is 2. The molecule has 3 fully saturated rings. The van der Waals surface area contributed by atoms with Gasteiger partial charge in [0, 0.05) is 45.2 Å². The van der Waals surface area contributed by atoms with Crippen molar-refractivity contribution in [2.24, 2.45) is 16.7 Å². The monoisotopic (exact) mass is 1610 g/mol. The molecule has 614 valence electrons. The summed E-state index contributed by atoms with van der Waals surface area (Å²) in [7, 11) is -0.972. The van der Waals surface area contributed by atoms with Crippen LogP contribution in [0.2, 0.25) is 0 Å². The lowest BCUT2D eigenvalue weighted by Crippen LogP contribution is -2.61. The Hall–Kier alpha value is -11.5.